The van der Waals surface area contributed by atoms with E-state index in [1.165, 1.54) is 16.8 Å². The third-order valence-corrected chi connectivity index (χ3v) is 3.01. The van der Waals surface area contributed by atoms with Gasteiger partial charge in [-0.25, -0.2) is 0 Å². The SMILES string of the molecule is COc1cccc(CCCc2ccc(C)cn2)c1. The summed E-state index contributed by atoms with van der Waals surface area (Å²) in [4.78, 5) is 4.42. The van der Waals surface area contributed by atoms with Crippen LogP contribution in [0.4, 0.5) is 0 Å². The van der Waals surface area contributed by atoms with Crippen LogP contribution < -0.4 is 4.74 Å². The fraction of sp³-hybridized carbons (Fsp3) is 0.312. The van der Waals surface area contributed by atoms with Gasteiger partial charge in [0.1, 0.15) is 5.75 Å². The zero-order valence-corrected chi connectivity index (χ0v) is 11.0. The fourth-order valence-electron chi connectivity index (χ4n) is 1.95. The molecule has 0 unspecified atom stereocenters. The Morgan fingerprint density at radius 1 is 1.11 bits per heavy atom. The molecular weight excluding hydrogens is 222 g/mol. The van der Waals surface area contributed by atoms with Gasteiger partial charge in [0.05, 0.1) is 7.11 Å². The van der Waals surface area contributed by atoms with Crippen LogP contribution in [-0.4, -0.2) is 12.1 Å². The second-order valence-electron chi connectivity index (χ2n) is 4.53. The quantitative estimate of drug-likeness (QED) is 0.798. The smallest absolute Gasteiger partial charge is 0.119 e. The molecule has 0 aliphatic heterocycles. The van der Waals surface area contributed by atoms with Crippen LogP contribution in [0, 0.1) is 6.92 Å². The molecule has 2 nitrogen and oxygen atoms in total. The Balaban J connectivity index is 1.86. The molecule has 0 spiro atoms. The molecule has 0 radical (unpaired) electrons. The Morgan fingerprint density at radius 3 is 2.72 bits per heavy atom. The first-order valence-electron chi connectivity index (χ1n) is 6.32. The molecule has 94 valence electrons. The predicted molar refractivity (Wildman–Crippen MR) is 74.0 cm³/mol. The summed E-state index contributed by atoms with van der Waals surface area (Å²) in [6, 6.07) is 12.5. The first kappa shape index (κ1) is 12.6. The van der Waals surface area contributed by atoms with E-state index < -0.39 is 0 Å². The Labute approximate surface area is 109 Å². The summed E-state index contributed by atoms with van der Waals surface area (Å²) in [6.45, 7) is 2.06. The minimum absolute atomic E-state index is 0.931. The van der Waals surface area contributed by atoms with E-state index in [9.17, 15) is 0 Å². The molecular formula is C16H19NO. The molecule has 0 atom stereocenters. The highest BCUT2D eigenvalue weighted by atomic mass is 16.5. The van der Waals surface area contributed by atoms with Crippen molar-refractivity contribution in [2.75, 3.05) is 7.11 Å². The van der Waals surface area contributed by atoms with Crippen molar-refractivity contribution in [2.45, 2.75) is 26.2 Å². The lowest BCUT2D eigenvalue weighted by Gasteiger charge is -2.04. The number of nitrogens with zero attached hydrogens (tertiary/aromatic N) is 1. The van der Waals surface area contributed by atoms with Crippen molar-refractivity contribution in [3.63, 3.8) is 0 Å². The molecule has 18 heavy (non-hydrogen) atoms. The summed E-state index contributed by atoms with van der Waals surface area (Å²) in [6.07, 6.45) is 5.13. The van der Waals surface area contributed by atoms with E-state index in [4.69, 9.17) is 4.74 Å². The molecule has 2 heteroatoms. The first-order chi connectivity index (χ1) is 8.78. The third-order valence-electron chi connectivity index (χ3n) is 3.01. The highest BCUT2D eigenvalue weighted by Crippen LogP contribution is 2.14. The van der Waals surface area contributed by atoms with E-state index in [-0.39, 0.29) is 0 Å². The topological polar surface area (TPSA) is 22.1 Å². The maximum absolute atomic E-state index is 5.22. The standard InChI is InChI=1S/C16H19NO/c1-13-9-10-15(17-12-13)7-3-5-14-6-4-8-16(11-14)18-2/h4,6,8-12H,3,5,7H2,1-2H3. The number of methoxy groups -OCH3 is 1. The minimum Gasteiger partial charge on any atom is -0.497 e. The van der Waals surface area contributed by atoms with Gasteiger partial charge in [-0.2, -0.15) is 0 Å². The average molecular weight is 241 g/mol. The van der Waals surface area contributed by atoms with Gasteiger partial charge in [-0.3, -0.25) is 4.98 Å². The van der Waals surface area contributed by atoms with Gasteiger partial charge in [-0.15, -0.1) is 0 Å². The maximum Gasteiger partial charge on any atom is 0.119 e. The second kappa shape index (κ2) is 6.20. The fourth-order valence-corrected chi connectivity index (χ4v) is 1.95. The van der Waals surface area contributed by atoms with E-state index in [1.807, 2.05) is 18.3 Å². The lowest BCUT2D eigenvalue weighted by molar-refractivity contribution is 0.414. The molecule has 0 amide bonds. The lowest BCUT2D eigenvalue weighted by Crippen LogP contribution is -1.93. The monoisotopic (exact) mass is 241 g/mol. The molecule has 0 bridgehead atoms. The van der Waals surface area contributed by atoms with Crippen LogP contribution >= 0.6 is 0 Å². The molecule has 0 saturated carbocycles. The van der Waals surface area contributed by atoms with Gasteiger partial charge < -0.3 is 4.74 Å². The van der Waals surface area contributed by atoms with E-state index in [0.29, 0.717) is 0 Å². The average Bonchev–Trinajstić information content (AvgIpc) is 2.41. The van der Waals surface area contributed by atoms with Crippen molar-refractivity contribution in [2.24, 2.45) is 0 Å². The van der Waals surface area contributed by atoms with Gasteiger partial charge in [-0.05, 0) is 55.5 Å². The molecule has 0 saturated heterocycles. The van der Waals surface area contributed by atoms with Crippen molar-refractivity contribution < 1.29 is 4.74 Å². The van der Waals surface area contributed by atoms with Crippen molar-refractivity contribution in [3.05, 3.63) is 59.4 Å². The summed E-state index contributed by atoms with van der Waals surface area (Å²) in [5.74, 6) is 0.931. The van der Waals surface area contributed by atoms with Gasteiger partial charge >= 0.3 is 0 Å². The van der Waals surface area contributed by atoms with Crippen molar-refractivity contribution in [3.8, 4) is 5.75 Å². The lowest BCUT2D eigenvalue weighted by atomic mass is 10.1. The number of hydrogen-bond donors (Lipinski definition) is 0. The Morgan fingerprint density at radius 2 is 2.00 bits per heavy atom. The second-order valence-corrected chi connectivity index (χ2v) is 4.53. The van der Waals surface area contributed by atoms with Gasteiger partial charge in [0.2, 0.25) is 0 Å². The maximum atomic E-state index is 5.22. The summed E-state index contributed by atoms with van der Waals surface area (Å²) >= 11 is 0. The molecule has 1 aromatic heterocycles. The molecule has 0 aliphatic carbocycles. The van der Waals surface area contributed by atoms with Crippen LogP contribution in [-0.2, 0) is 12.8 Å². The van der Waals surface area contributed by atoms with Crippen LogP contribution in [0.15, 0.2) is 42.6 Å². The largest absolute Gasteiger partial charge is 0.497 e. The Bertz CT molecular complexity index is 491. The normalized spacial score (nSPS) is 10.3. The van der Waals surface area contributed by atoms with Gasteiger partial charge in [0, 0.05) is 11.9 Å². The van der Waals surface area contributed by atoms with Crippen LogP contribution in [0.5, 0.6) is 5.75 Å². The van der Waals surface area contributed by atoms with Crippen LogP contribution in [0.25, 0.3) is 0 Å². The van der Waals surface area contributed by atoms with Gasteiger partial charge in [-0.1, -0.05) is 18.2 Å². The van der Waals surface area contributed by atoms with Crippen LogP contribution in [0.1, 0.15) is 23.2 Å². The van der Waals surface area contributed by atoms with Crippen molar-refractivity contribution in [1.82, 2.24) is 4.98 Å². The minimum atomic E-state index is 0.931. The van der Waals surface area contributed by atoms with Gasteiger partial charge in [0.15, 0.2) is 0 Å². The van der Waals surface area contributed by atoms with E-state index in [0.717, 1.165) is 25.0 Å². The van der Waals surface area contributed by atoms with Crippen LogP contribution in [0.2, 0.25) is 0 Å². The van der Waals surface area contributed by atoms with Crippen LogP contribution in [0.3, 0.4) is 0 Å². The number of rotatable bonds is 5. The number of pyridine rings is 1. The van der Waals surface area contributed by atoms with E-state index in [2.05, 4.69) is 36.2 Å². The number of aryl methyl sites for hydroxylation is 3. The molecule has 2 aromatic rings. The zero-order chi connectivity index (χ0) is 12.8. The first-order valence-corrected chi connectivity index (χ1v) is 6.32. The van der Waals surface area contributed by atoms with E-state index >= 15 is 0 Å². The number of hydrogen-bond acceptors (Lipinski definition) is 2. The predicted octanol–water partition coefficient (Wildman–Crippen LogP) is 3.57. The zero-order valence-electron chi connectivity index (χ0n) is 11.0. The Kier molecular flexibility index (Phi) is 4.35. The van der Waals surface area contributed by atoms with Gasteiger partial charge in [0.25, 0.3) is 0 Å². The molecule has 1 aromatic carbocycles. The molecule has 0 fully saturated rings. The number of ether oxygens (including phenoxy) is 1. The summed E-state index contributed by atoms with van der Waals surface area (Å²) in [5.41, 5.74) is 3.71. The summed E-state index contributed by atoms with van der Waals surface area (Å²) in [7, 11) is 1.70. The van der Waals surface area contributed by atoms with Crippen molar-refractivity contribution in [1.29, 1.82) is 0 Å². The summed E-state index contributed by atoms with van der Waals surface area (Å²) < 4.78 is 5.22. The highest BCUT2D eigenvalue weighted by Gasteiger charge is 1.98. The molecule has 1 heterocycles. The van der Waals surface area contributed by atoms with Crippen molar-refractivity contribution >= 4 is 0 Å². The number of aromatic nitrogens is 1. The highest BCUT2D eigenvalue weighted by molar-refractivity contribution is 5.28. The molecule has 2 rings (SSSR count). The number of benzene rings is 1. The van der Waals surface area contributed by atoms with E-state index in [1.54, 1.807) is 7.11 Å². The third kappa shape index (κ3) is 3.59. The summed E-state index contributed by atoms with van der Waals surface area (Å²) in [5, 5.41) is 0. The molecule has 0 aliphatic rings. The Hall–Kier alpha value is -1.83. The molecule has 0 N–H and O–H groups in total.